The summed E-state index contributed by atoms with van der Waals surface area (Å²) in [6.45, 7) is 3.05. The number of anilines is 1. The summed E-state index contributed by atoms with van der Waals surface area (Å²) in [5.41, 5.74) is 0.881. The average molecular weight is 274 g/mol. The van der Waals surface area contributed by atoms with Crippen LogP contribution in [0.2, 0.25) is 0 Å². The maximum absolute atomic E-state index is 10.5. The molecule has 1 N–H and O–H groups in total. The van der Waals surface area contributed by atoms with E-state index in [0.717, 1.165) is 11.3 Å². The van der Waals surface area contributed by atoms with Crippen LogP contribution >= 0.6 is 0 Å². The maximum Gasteiger partial charge on any atom is 0.305 e. The van der Waals surface area contributed by atoms with Gasteiger partial charge in [0.15, 0.2) is 0 Å². The molecule has 20 heavy (non-hydrogen) atoms. The Morgan fingerprint density at radius 1 is 1.35 bits per heavy atom. The fraction of sp³-hybridized carbons (Fsp3) is 0.231. The summed E-state index contributed by atoms with van der Waals surface area (Å²) < 4.78 is 5.41. The number of nitro groups is 1. The molecular weight excluding hydrogens is 260 g/mol. The number of rotatable bonds is 6. The second kappa shape index (κ2) is 6.46. The third-order valence-corrected chi connectivity index (χ3v) is 2.51. The van der Waals surface area contributed by atoms with E-state index in [9.17, 15) is 10.1 Å². The predicted octanol–water partition coefficient (Wildman–Crippen LogP) is 2.40. The molecule has 104 valence electrons. The lowest BCUT2D eigenvalue weighted by Gasteiger charge is -2.07. The van der Waals surface area contributed by atoms with Crippen LogP contribution in [0.3, 0.4) is 0 Å². The van der Waals surface area contributed by atoms with Gasteiger partial charge in [-0.1, -0.05) is 12.1 Å². The lowest BCUT2D eigenvalue weighted by Crippen LogP contribution is -2.04. The largest absolute Gasteiger partial charge is 0.494 e. The minimum Gasteiger partial charge on any atom is -0.494 e. The average Bonchev–Trinajstić information content (AvgIpc) is 2.46. The molecule has 0 atom stereocenters. The number of nitrogens with zero attached hydrogens (tertiary/aromatic N) is 3. The van der Waals surface area contributed by atoms with Crippen molar-refractivity contribution in [3.05, 3.63) is 52.3 Å². The van der Waals surface area contributed by atoms with E-state index in [-0.39, 0.29) is 5.69 Å². The molecule has 0 aliphatic heterocycles. The number of aromatic nitrogens is 2. The van der Waals surface area contributed by atoms with Crippen LogP contribution in [0.1, 0.15) is 12.5 Å². The first-order chi connectivity index (χ1) is 9.69. The van der Waals surface area contributed by atoms with Gasteiger partial charge in [-0.05, 0) is 24.6 Å². The lowest BCUT2D eigenvalue weighted by molar-refractivity contribution is -0.385. The van der Waals surface area contributed by atoms with Gasteiger partial charge in [0.1, 0.15) is 18.1 Å². The van der Waals surface area contributed by atoms with Crippen LogP contribution in [0, 0.1) is 10.1 Å². The van der Waals surface area contributed by atoms with Crippen molar-refractivity contribution in [1.82, 2.24) is 9.97 Å². The highest BCUT2D eigenvalue weighted by Gasteiger charge is 2.06. The molecule has 0 aliphatic carbocycles. The van der Waals surface area contributed by atoms with Gasteiger partial charge in [-0.2, -0.15) is 0 Å². The number of benzene rings is 1. The molecular formula is C13H14N4O3. The van der Waals surface area contributed by atoms with Crippen molar-refractivity contribution in [2.45, 2.75) is 13.5 Å². The number of ether oxygens (including phenoxy) is 1. The second-order valence-electron chi connectivity index (χ2n) is 3.96. The molecule has 0 bridgehead atoms. The minimum atomic E-state index is -0.532. The molecule has 0 radical (unpaired) electrons. The molecule has 0 spiro atoms. The molecule has 0 unspecified atom stereocenters. The van der Waals surface area contributed by atoms with Crippen LogP contribution in [0.25, 0.3) is 0 Å². The van der Waals surface area contributed by atoms with Gasteiger partial charge in [0.05, 0.1) is 11.5 Å². The molecule has 2 aromatic rings. The van der Waals surface area contributed by atoms with Gasteiger partial charge in [-0.25, -0.2) is 9.97 Å². The summed E-state index contributed by atoms with van der Waals surface area (Å²) in [5.74, 6) is 1.15. The molecule has 0 saturated carbocycles. The Balaban J connectivity index is 1.97. The van der Waals surface area contributed by atoms with E-state index in [1.165, 1.54) is 12.4 Å². The van der Waals surface area contributed by atoms with Crippen LogP contribution in [-0.2, 0) is 6.54 Å². The van der Waals surface area contributed by atoms with Crippen LogP contribution in [0.4, 0.5) is 11.6 Å². The Morgan fingerprint density at radius 3 is 2.75 bits per heavy atom. The topological polar surface area (TPSA) is 90.2 Å². The summed E-state index contributed by atoms with van der Waals surface area (Å²) in [4.78, 5) is 17.7. The molecule has 7 heteroatoms. The van der Waals surface area contributed by atoms with Crippen LogP contribution in [0.5, 0.6) is 5.75 Å². The summed E-state index contributed by atoms with van der Waals surface area (Å²) in [5, 5.41) is 13.5. The summed E-state index contributed by atoms with van der Waals surface area (Å²) in [7, 11) is 0. The third kappa shape index (κ3) is 3.64. The molecule has 2 rings (SSSR count). The smallest absolute Gasteiger partial charge is 0.305 e. The zero-order valence-corrected chi connectivity index (χ0v) is 10.9. The molecule has 0 amide bonds. The standard InChI is InChI=1S/C13H14N4O3/c1-2-20-12-5-3-4-10(6-12)7-14-13-15-8-11(9-16-13)17(18)19/h3-6,8-9H,2,7H2,1H3,(H,14,15,16). The Kier molecular flexibility index (Phi) is 4.43. The van der Waals surface area contributed by atoms with Crippen molar-refractivity contribution < 1.29 is 9.66 Å². The van der Waals surface area contributed by atoms with E-state index < -0.39 is 4.92 Å². The highest BCUT2D eigenvalue weighted by molar-refractivity contribution is 5.34. The highest BCUT2D eigenvalue weighted by atomic mass is 16.6. The van der Waals surface area contributed by atoms with Crippen molar-refractivity contribution in [1.29, 1.82) is 0 Å². The summed E-state index contributed by atoms with van der Waals surface area (Å²) >= 11 is 0. The summed E-state index contributed by atoms with van der Waals surface area (Å²) in [6, 6.07) is 7.65. The van der Waals surface area contributed by atoms with E-state index in [1.54, 1.807) is 0 Å². The van der Waals surface area contributed by atoms with Crippen molar-refractivity contribution in [2.75, 3.05) is 11.9 Å². The van der Waals surface area contributed by atoms with Crippen molar-refractivity contribution >= 4 is 11.6 Å². The van der Waals surface area contributed by atoms with Gasteiger partial charge >= 0.3 is 5.69 Å². The molecule has 7 nitrogen and oxygen atoms in total. The Labute approximate surface area is 115 Å². The van der Waals surface area contributed by atoms with Gasteiger partial charge in [-0.3, -0.25) is 10.1 Å². The zero-order valence-electron chi connectivity index (χ0n) is 10.9. The number of hydrogen-bond donors (Lipinski definition) is 1. The van der Waals surface area contributed by atoms with Crippen LogP contribution in [0.15, 0.2) is 36.7 Å². The van der Waals surface area contributed by atoms with E-state index in [4.69, 9.17) is 4.74 Å². The van der Waals surface area contributed by atoms with Gasteiger partial charge < -0.3 is 10.1 Å². The van der Waals surface area contributed by atoms with Crippen LogP contribution in [-0.4, -0.2) is 21.5 Å². The fourth-order valence-electron chi connectivity index (χ4n) is 1.60. The Hall–Kier alpha value is -2.70. The van der Waals surface area contributed by atoms with Gasteiger partial charge in [-0.15, -0.1) is 0 Å². The van der Waals surface area contributed by atoms with Gasteiger partial charge in [0.25, 0.3) is 0 Å². The normalized spacial score (nSPS) is 10.1. The van der Waals surface area contributed by atoms with E-state index >= 15 is 0 Å². The molecule has 1 aromatic heterocycles. The first-order valence-corrected chi connectivity index (χ1v) is 6.11. The number of hydrogen-bond acceptors (Lipinski definition) is 6. The SMILES string of the molecule is CCOc1cccc(CNc2ncc([N+](=O)[O-])cn2)c1. The third-order valence-electron chi connectivity index (χ3n) is 2.51. The van der Waals surface area contributed by atoms with Crippen LogP contribution < -0.4 is 10.1 Å². The minimum absolute atomic E-state index is 0.131. The first-order valence-electron chi connectivity index (χ1n) is 6.11. The van der Waals surface area contributed by atoms with E-state index in [1.807, 2.05) is 31.2 Å². The number of nitrogens with one attached hydrogen (secondary N) is 1. The highest BCUT2D eigenvalue weighted by Crippen LogP contribution is 2.14. The van der Waals surface area contributed by atoms with Gasteiger partial charge in [0.2, 0.25) is 5.95 Å². The Morgan fingerprint density at radius 2 is 2.10 bits per heavy atom. The quantitative estimate of drug-likeness (QED) is 0.642. The van der Waals surface area contributed by atoms with Gasteiger partial charge in [0, 0.05) is 6.54 Å². The molecule has 0 saturated heterocycles. The van der Waals surface area contributed by atoms with Crippen molar-refractivity contribution in [3.63, 3.8) is 0 Å². The second-order valence-corrected chi connectivity index (χ2v) is 3.96. The molecule has 0 fully saturated rings. The predicted molar refractivity (Wildman–Crippen MR) is 73.6 cm³/mol. The van der Waals surface area contributed by atoms with E-state index in [0.29, 0.717) is 19.1 Å². The molecule has 1 heterocycles. The summed E-state index contributed by atoms with van der Waals surface area (Å²) in [6.07, 6.45) is 2.35. The van der Waals surface area contributed by atoms with E-state index in [2.05, 4.69) is 15.3 Å². The lowest BCUT2D eigenvalue weighted by atomic mass is 10.2. The van der Waals surface area contributed by atoms with Crippen molar-refractivity contribution in [2.24, 2.45) is 0 Å². The monoisotopic (exact) mass is 274 g/mol. The Bertz CT molecular complexity index is 586. The van der Waals surface area contributed by atoms with Crippen molar-refractivity contribution in [3.8, 4) is 5.75 Å². The maximum atomic E-state index is 10.5. The molecule has 1 aromatic carbocycles. The molecule has 0 aliphatic rings. The zero-order chi connectivity index (χ0) is 14.4. The first kappa shape index (κ1) is 13.7. The fourth-order valence-corrected chi connectivity index (χ4v) is 1.60.